The summed E-state index contributed by atoms with van der Waals surface area (Å²) in [6.07, 6.45) is 1.92. The molecule has 0 atom stereocenters. The third-order valence-electron chi connectivity index (χ3n) is 4.70. The Bertz CT molecular complexity index is 1260. The van der Waals surface area contributed by atoms with Gasteiger partial charge < -0.3 is 10.1 Å². The van der Waals surface area contributed by atoms with Crippen molar-refractivity contribution in [2.75, 3.05) is 29.0 Å². The minimum atomic E-state index is -3.69. The molecule has 0 bridgehead atoms. The van der Waals surface area contributed by atoms with Crippen LogP contribution in [0.1, 0.15) is 33.2 Å². The number of nitrogens with zero attached hydrogens (tertiary/aromatic N) is 2. The molecule has 1 aromatic heterocycles. The number of sulfonamides is 1. The highest BCUT2D eigenvalue weighted by atomic mass is 32.2. The van der Waals surface area contributed by atoms with Crippen LogP contribution >= 0.6 is 11.3 Å². The number of hydrogen-bond acceptors (Lipinski definition) is 6. The molecule has 0 aliphatic heterocycles. The van der Waals surface area contributed by atoms with Crippen molar-refractivity contribution in [1.82, 2.24) is 4.57 Å². The van der Waals surface area contributed by atoms with E-state index in [1.54, 1.807) is 47.0 Å². The number of anilines is 2. The summed E-state index contributed by atoms with van der Waals surface area (Å²) in [4.78, 5) is 24.8. The summed E-state index contributed by atoms with van der Waals surface area (Å²) in [7, 11) is -3.69. The predicted octanol–water partition coefficient (Wildman–Crippen LogP) is 3.84. The van der Waals surface area contributed by atoms with E-state index in [-0.39, 0.29) is 17.5 Å². The maximum Gasteiger partial charge on any atom is 0.308 e. The standard InChI is InChI=1S/C22H27N3O5S2/c1-5-12-30-18-9-7-17(8-10-18)24(32(4,28)29)14-21(26)23-16-6-11-19-20(13-16)31-22(27)25(19)15(2)3/h6-11,13,15H,5,12,14H2,1-4H3,(H,23,26). The van der Waals surface area contributed by atoms with Crippen LogP contribution < -0.4 is 19.2 Å². The number of aromatic nitrogens is 1. The maximum atomic E-state index is 12.7. The topological polar surface area (TPSA) is 97.7 Å². The number of benzene rings is 2. The van der Waals surface area contributed by atoms with Crippen LogP contribution in [0.15, 0.2) is 47.3 Å². The second-order valence-electron chi connectivity index (χ2n) is 7.67. The fourth-order valence-corrected chi connectivity index (χ4v) is 5.17. The van der Waals surface area contributed by atoms with Gasteiger partial charge in [0.2, 0.25) is 15.9 Å². The molecule has 0 radical (unpaired) electrons. The van der Waals surface area contributed by atoms with Gasteiger partial charge in [0.05, 0.1) is 28.8 Å². The van der Waals surface area contributed by atoms with Gasteiger partial charge in [-0.05, 0) is 62.7 Å². The normalized spacial score (nSPS) is 11.7. The third-order valence-corrected chi connectivity index (χ3v) is 6.76. The molecule has 172 valence electrons. The lowest BCUT2D eigenvalue weighted by molar-refractivity contribution is -0.114. The molecule has 0 saturated carbocycles. The Balaban J connectivity index is 1.78. The smallest absolute Gasteiger partial charge is 0.308 e. The molecule has 0 spiro atoms. The van der Waals surface area contributed by atoms with E-state index in [2.05, 4.69) is 5.32 Å². The second kappa shape index (κ2) is 9.74. The number of thiazole rings is 1. The SMILES string of the molecule is CCCOc1ccc(N(CC(=O)Nc2ccc3c(c2)sc(=O)n3C(C)C)S(C)(=O)=O)cc1. The first kappa shape index (κ1) is 23.8. The Morgan fingerprint density at radius 1 is 1.19 bits per heavy atom. The summed E-state index contributed by atoms with van der Waals surface area (Å²) in [5, 5.41) is 2.73. The summed E-state index contributed by atoms with van der Waals surface area (Å²) in [6.45, 7) is 6.06. The van der Waals surface area contributed by atoms with Crippen molar-refractivity contribution < 1.29 is 17.9 Å². The van der Waals surface area contributed by atoms with E-state index in [0.717, 1.165) is 38.5 Å². The zero-order valence-electron chi connectivity index (χ0n) is 18.5. The Hall–Kier alpha value is -2.85. The highest BCUT2D eigenvalue weighted by molar-refractivity contribution is 7.92. The molecule has 0 aliphatic carbocycles. The molecule has 32 heavy (non-hydrogen) atoms. The zero-order chi connectivity index (χ0) is 23.5. The highest BCUT2D eigenvalue weighted by Crippen LogP contribution is 2.25. The molecule has 3 rings (SSSR count). The number of amides is 1. The first-order valence-electron chi connectivity index (χ1n) is 10.3. The van der Waals surface area contributed by atoms with Crippen molar-refractivity contribution in [3.05, 3.63) is 52.1 Å². The van der Waals surface area contributed by atoms with E-state index in [0.29, 0.717) is 23.7 Å². The molecule has 0 fully saturated rings. The fraction of sp³-hybridized carbons (Fsp3) is 0.364. The van der Waals surface area contributed by atoms with Gasteiger partial charge in [-0.15, -0.1) is 0 Å². The molecule has 2 aromatic carbocycles. The minimum absolute atomic E-state index is 0.0266. The Kier molecular flexibility index (Phi) is 7.25. The van der Waals surface area contributed by atoms with Crippen LogP contribution in [0.3, 0.4) is 0 Å². The van der Waals surface area contributed by atoms with Gasteiger partial charge in [0, 0.05) is 11.7 Å². The lowest BCUT2D eigenvalue weighted by atomic mass is 10.2. The summed E-state index contributed by atoms with van der Waals surface area (Å²) in [5.41, 5.74) is 1.67. The van der Waals surface area contributed by atoms with E-state index in [1.165, 1.54) is 0 Å². The number of fused-ring (bicyclic) bond motifs is 1. The van der Waals surface area contributed by atoms with Crippen LogP contribution in [-0.2, 0) is 14.8 Å². The molecule has 0 unspecified atom stereocenters. The first-order valence-corrected chi connectivity index (χ1v) is 12.9. The number of hydrogen-bond donors (Lipinski definition) is 1. The predicted molar refractivity (Wildman–Crippen MR) is 130 cm³/mol. The number of rotatable bonds is 9. The van der Waals surface area contributed by atoms with Crippen LogP contribution in [0.2, 0.25) is 0 Å². The summed E-state index contributed by atoms with van der Waals surface area (Å²) in [6, 6.07) is 11.8. The molecule has 8 nitrogen and oxygen atoms in total. The highest BCUT2D eigenvalue weighted by Gasteiger charge is 2.21. The van der Waals surface area contributed by atoms with Crippen molar-refractivity contribution in [2.24, 2.45) is 0 Å². The van der Waals surface area contributed by atoms with Crippen molar-refractivity contribution in [3.63, 3.8) is 0 Å². The maximum absolute atomic E-state index is 12.7. The van der Waals surface area contributed by atoms with Crippen LogP contribution in [0.25, 0.3) is 10.2 Å². The zero-order valence-corrected chi connectivity index (χ0v) is 20.1. The Morgan fingerprint density at radius 3 is 2.47 bits per heavy atom. The van der Waals surface area contributed by atoms with Crippen molar-refractivity contribution in [3.8, 4) is 5.75 Å². The molecule has 3 aromatic rings. The minimum Gasteiger partial charge on any atom is -0.494 e. The molecule has 0 aliphatic rings. The summed E-state index contributed by atoms with van der Waals surface area (Å²) < 4.78 is 33.7. The molecule has 0 saturated heterocycles. The lowest BCUT2D eigenvalue weighted by Crippen LogP contribution is -2.37. The largest absolute Gasteiger partial charge is 0.494 e. The van der Waals surface area contributed by atoms with E-state index in [9.17, 15) is 18.0 Å². The number of ether oxygens (including phenoxy) is 1. The molecule has 1 amide bonds. The molecular formula is C22H27N3O5S2. The van der Waals surface area contributed by atoms with E-state index in [4.69, 9.17) is 4.74 Å². The molecular weight excluding hydrogens is 450 g/mol. The average molecular weight is 478 g/mol. The Labute approximate surface area is 191 Å². The molecule has 1 heterocycles. The van der Waals surface area contributed by atoms with E-state index >= 15 is 0 Å². The summed E-state index contributed by atoms with van der Waals surface area (Å²) in [5.74, 6) is 0.144. The van der Waals surface area contributed by atoms with Gasteiger partial charge in [-0.2, -0.15) is 0 Å². The van der Waals surface area contributed by atoms with Gasteiger partial charge in [-0.1, -0.05) is 18.3 Å². The quantitative estimate of drug-likeness (QED) is 0.505. The van der Waals surface area contributed by atoms with E-state index in [1.807, 2.05) is 20.8 Å². The Morgan fingerprint density at radius 2 is 1.88 bits per heavy atom. The first-order chi connectivity index (χ1) is 15.1. The molecule has 1 N–H and O–H groups in total. The number of nitrogens with one attached hydrogen (secondary N) is 1. The van der Waals surface area contributed by atoms with Crippen LogP contribution in [0, 0.1) is 0 Å². The van der Waals surface area contributed by atoms with Gasteiger partial charge in [-0.3, -0.25) is 18.5 Å². The summed E-state index contributed by atoms with van der Waals surface area (Å²) >= 11 is 1.11. The number of carbonyl (C=O) groups excluding carboxylic acids is 1. The molecule has 10 heteroatoms. The van der Waals surface area contributed by atoms with Crippen LogP contribution in [0.4, 0.5) is 11.4 Å². The fourth-order valence-electron chi connectivity index (χ4n) is 3.26. The van der Waals surface area contributed by atoms with Gasteiger partial charge in [0.1, 0.15) is 12.3 Å². The third kappa shape index (κ3) is 5.49. The van der Waals surface area contributed by atoms with Crippen LogP contribution in [-0.4, -0.2) is 38.3 Å². The average Bonchev–Trinajstić information content (AvgIpc) is 3.05. The van der Waals surface area contributed by atoms with Crippen molar-refractivity contribution >= 4 is 48.9 Å². The lowest BCUT2D eigenvalue weighted by Gasteiger charge is -2.22. The number of carbonyl (C=O) groups is 1. The second-order valence-corrected chi connectivity index (χ2v) is 10.6. The van der Waals surface area contributed by atoms with Crippen molar-refractivity contribution in [1.29, 1.82) is 0 Å². The van der Waals surface area contributed by atoms with Crippen LogP contribution in [0.5, 0.6) is 5.75 Å². The monoisotopic (exact) mass is 477 g/mol. The van der Waals surface area contributed by atoms with E-state index < -0.39 is 15.9 Å². The van der Waals surface area contributed by atoms with Gasteiger partial charge in [-0.25, -0.2) is 8.42 Å². The van der Waals surface area contributed by atoms with Gasteiger partial charge in [0.15, 0.2) is 0 Å². The van der Waals surface area contributed by atoms with Crippen molar-refractivity contribution in [2.45, 2.75) is 33.2 Å². The van der Waals surface area contributed by atoms with Gasteiger partial charge in [0.25, 0.3) is 0 Å². The van der Waals surface area contributed by atoms with Gasteiger partial charge >= 0.3 is 4.87 Å².